The van der Waals surface area contributed by atoms with E-state index in [2.05, 4.69) is 28.2 Å². The van der Waals surface area contributed by atoms with Gasteiger partial charge in [-0.15, -0.1) is 0 Å². The minimum absolute atomic E-state index is 0.119. The number of nitrogens with one attached hydrogen (secondary N) is 1. The van der Waals surface area contributed by atoms with Gasteiger partial charge in [0.25, 0.3) is 0 Å². The van der Waals surface area contributed by atoms with Gasteiger partial charge < -0.3 is 10.4 Å². The van der Waals surface area contributed by atoms with Gasteiger partial charge >= 0.3 is 5.97 Å². The van der Waals surface area contributed by atoms with E-state index in [0.29, 0.717) is 12.3 Å². The first-order valence-electron chi connectivity index (χ1n) is 6.72. The van der Waals surface area contributed by atoms with Crippen molar-refractivity contribution in [3.05, 3.63) is 28.7 Å². The number of carboxylic acid groups (broad SMARTS) is 1. The van der Waals surface area contributed by atoms with Crippen LogP contribution in [0.15, 0.2) is 28.7 Å². The van der Waals surface area contributed by atoms with Crippen LogP contribution in [-0.4, -0.2) is 16.6 Å². The van der Waals surface area contributed by atoms with Crippen LogP contribution in [0.3, 0.4) is 0 Å². The number of para-hydroxylation sites is 1. The van der Waals surface area contributed by atoms with E-state index in [-0.39, 0.29) is 5.92 Å². The number of carbonyl (C=O) groups is 1. The molecule has 1 fully saturated rings. The monoisotopic (exact) mass is 325 g/mol. The molecule has 0 bridgehead atoms. The van der Waals surface area contributed by atoms with Gasteiger partial charge in [0.2, 0.25) is 0 Å². The maximum Gasteiger partial charge on any atom is 0.329 e. The fraction of sp³-hybridized carbons (Fsp3) is 0.533. The van der Waals surface area contributed by atoms with E-state index < -0.39 is 11.5 Å². The van der Waals surface area contributed by atoms with Crippen LogP contribution in [0, 0.1) is 11.8 Å². The number of carboxylic acids is 1. The number of halogens is 1. The van der Waals surface area contributed by atoms with E-state index in [4.69, 9.17) is 0 Å². The molecule has 0 radical (unpaired) electrons. The molecule has 1 saturated carbocycles. The van der Waals surface area contributed by atoms with Crippen LogP contribution in [-0.2, 0) is 4.79 Å². The molecular formula is C15H20BrNO2. The van der Waals surface area contributed by atoms with Crippen LogP contribution in [0.5, 0.6) is 0 Å². The van der Waals surface area contributed by atoms with Crippen LogP contribution in [0.1, 0.15) is 33.1 Å². The molecule has 4 heteroatoms. The topological polar surface area (TPSA) is 49.3 Å². The Labute approximate surface area is 122 Å². The zero-order valence-corrected chi connectivity index (χ0v) is 12.9. The van der Waals surface area contributed by atoms with Gasteiger partial charge in [0.15, 0.2) is 0 Å². The fourth-order valence-electron chi connectivity index (χ4n) is 2.96. The van der Waals surface area contributed by atoms with Gasteiger partial charge in [-0.05, 0) is 52.7 Å². The smallest absolute Gasteiger partial charge is 0.329 e. The molecule has 0 aliphatic heterocycles. The molecule has 0 spiro atoms. The third-order valence-electron chi connectivity index (χ3n) is 4.22. The van der Waals surface area contributed by atoms with E-state index in [0.717, 1.165) is 23.0 Å². The molecular weight excluding hydrogens is 306 g/mol. The lowest BCUT2D eigenvalue weighted by molar-refractivity contribution is -0.146. The first kappa shape index (κ1) is 14.4. The molecule has 3 nitrogen and oxygen atoms in total. The highest BCUT2D eigenvalue weighted by molar-refractivity contribution is 9.10. The molecule has 104 valence electrons. The van der Waals surface area contributed by atoms with Gasteiger partial charge in [-0.1, -0.05) is 32.4 Å². The van der Waals surface area contributed by atoms with Gasteiger partial charge in [-0.2, -0.15) is 0 Å². The molecule has 2 rings (SSSR count). The van der Waals surface area contributed by atoms with Crippen molar-refractivity contribution in [2.45, 2.75) is 38.6 Å². The van der Waals surface area contributed by atoms with Crippen molar-refractivity contribution in [3.8, 4) is 0 Å². The third-order valence-corrected chi connectivity index (χ3v) is 4.91. The van der Waals surface area contributed by atoms with E-state index >= 15 is 0 Å². The summed E-state index contributed by atoms with van der Waals surface area (Å²) in [5.74, 6) is -0.196. The zero-order chi connectivity index (χ0) is 14.0. The second-order valence-corrected chi connectivity index (χ2v) is 6.52. The summed E-state index contributed by atoms with van der Waals surface area (Å²) in [4.78, 5) is 11.9. The van der Waals surface area contributed by atoms with Crippen molar-refractivity contribution in [1.82, 2.24) is 0 Å². The Balaban J connectivity index is 2.35. The quantitative estimate of drug-likeness (QED) is 0.878. The van der Waals surface area contributed by atoms with E-state index in [9.17, 15) is 9.90 Å². The predicted molar refractivity (Wildman–Crippen MR) is 80.3 cm³/mol. The summed E-state index contributed by atoms with van der Waals surface area (Å²) in [7, 11) is 0. The highest BCUT2D eigenvalue weighted by Gasteiger charge is 2.47. The van der Waals surface area contributed by atoms with E-state index in [1.807, 2.05) is 31.2 Å². The maximum atomic E-state index is 11.9. The highest BCUT2D eigenvalue weighted by Crippen LogP contribution is 2.40. The van der Waals surface area contributed by atoms with Gasteiger partial charge in [0.1, 0.15) is 5.54 Å². The summed E-state index contributed by atoms with van der Waals surface area (Å²) in [5, 5.41) is 13.0. The van der Waals surface area contributed by atoms with Crippen LogP contribution in [0.4, 0.5) is 5.69 Å². The van der Waals surface area contributed by atoms with Gasteiger partial charge in [0.05, 0.1) is 0 Å². The molecule has 0 heterocycles. The second kappa shape index (κ2) is 5.53. The van der Waals surface area contributed by atoms with Crippen molar-refractivity contribution in [3.63, 3.8) is 0 Å². The fourth-order valence-corrected chi connectivity index (χ4v) is 3.35. The Morgan fingerprint density at radius 1 is 1.37 bits per heavy atom. The standard InChI is InChI=1S/C15H20BrNO2/c1-10-7-8-11(2)15(9-10,14(18)19)17-13-6-4-3-5-12(13)16/h3-6,10-11,17H,7-9H2,1-2H3,(H,18,19). The number of benzene rings is 1. The Kier molecular flexibility index (Phi) is 4.19. The number of hydrogen-bond donors (Lipinski definition) is 2. The van der Waals surface area contributed by atoms with Crippen LogP contribution >= 0.6 is 15.9 Å². The summed E-state index contributed by atoms with van der Waals surface area (Å²) >= 11 is 3.48. The van der Waals surface area contributed by atoms with Crippen molar-refractivity contribution in [2.24, 2.45) is 11.8 Å². The molecule has 1 aliphatic carbocycles. The lowest BCUT2D eigenvalue weighted by Gasteiger charge is -2.43. The van der Waals surface area contributed by atoms with E-state index in [1.165, 1.54) is 0 Å². The van der Waals surface area contributed by atoms with Crippen LogP contribution < -0.4 is 5.32 Å². The lowest BCUT2D eigenvalue weighted by atomic mass is 9.69. The second-order valence-electron chi connectivity index (χ2n) is 5.67. The number of aliphatic carboxylic acids is 1. The third kappa shape index (κ3) is 2.78. The van der Waals surface area contributed by atoms with Crippen molar-refractivity contribution in [2.75, 3.05) is 5.32 Å². The minimum Gasteiger partial charge on any atom is -0.479 e. The molecule has 0 aromatic heterocycles. The Morgan fingerprint density at radius 3 is 2.68 bits per heavy atom. The summed E-state index contributed by atoms with van der Waals surface area (Å²) < 4.78 is 0.904. The van der Waals surface area contributed by atoms with Crippen molar-refractivity contribution in [1.29, 1.82) is 0 Å². The summed E-state index contributed by atoms with van der Waals surface area (Å²) in [6, 6.07) is 7.69. The molecule has 1 aliphatic rings. The van der Waals surface area contributed by atoms with Gasteiger partial charge in [-0.25, -0.2) is 4.79 Å². The highest BCUT2D eigenvalue weighted by atomic mass is 79.9. The first-order chi connectivity index (χ1) is 8.95. The molecule has 0 saturated heterocycles. The maximum absolute atomic E-state index is 11.9. The number of anilines is 1. The minimum atomic E-state index is -0.860. The van der Waals surface area contributed by atoms with Crippen LogP contribution in [0.25, 0.3) is 0 Å². The van der Waals surface area contributed by atoms with Gasteiger partial charge in [-0.3, -0.25) is 0 Å². The summed E-state index contributed by atoms with van der Waals surface area (Å²) in [5.41, 5.74) is -0.00694. The number of rotatable bonds is 3. The molecule has 2 N–H and O–H groups in total. The molecule has 0 amide bonds. The Hall–Kier alpha value is -1.03. The first-order valence-corrected chi connectivity index (χ1v) is 7.51. The predicted octanol–water partition coefficient (Wildman–Crippen LogP) is 4.14. The lowest BCUT2D eigenvalue weighted by Crippen LogP contribution is -2.55. The average molecular weight is 326 g/mol. The van der Waals surface area contributed by atoms with E-state index in [1.54, 1.807) is 0 Å². The zero-order valence-electron chi connectivity index (χ0n) is 11.3. The average Bonchev–Trinajstić information content (AvgIpc) is 2.36. The summed E-state index contributed by atoms with van der Waals surface area (Å²) in [6.07, 6.45) is 2.73. The largest absolute Gasteiger partial charge is 0.479 e. The normalized spacial score (nSPS) is 30.9. The molecule has 1 aromatic carbocycles. The van der Waals surface area contributed by atoms with Crippen LogP contribution in [0.2, 0.25) is 0 Å². The number of hydrogen-bond acceptors (Lipinski definition) is 2. The van der Waals surface area contributed by atoms with Crippen molar-refractivity contribution >= 4 is 27.6 Å². The molecule has 19 heavy (non-hydrogen) atoms. The van der Waals surface area contributed by atoms with Gasteiger partial charge in [0, 0.05) is 10.2 Å². The Morgan fingerprint density at radius 2 is 2.05 bits per heavy atom. The molecule has 1 aromatic rings. The summed E-state index contributed by atoms with van der Waals surface area (Å²) in [6.45, 7) is 4.16. The SMILES string of the molecule is CC1CCC(C)C(Nc2ccccc2Br)(C(=O)O)C1. The van der Waals surface area contributed by atoms with Crippen molar-refractivity contribution < 1.29 is 9.90 Å². The molecule has 3 atom stereocenters. The Bertz CT molecular complexity index is 477. The molecule has 3 unspecified atom stereocenters.